The van der Waals surface area contributed by atoms with Gasteiger partial charge in [-0.25, -0.2) is 0 Å². The van der Waals surface area contributed by atoms with E-state index in [-0.39, 0.29) is 6.42 Å². The van der Waals surface area contributed by atoms with E-state index < -0.39 is 74.2 Å². The number of ether oxygens (including phenoxy) is 2. The van der Waals surface area contributed by atoms with E-state index in [0.29, 0.717) is 19.3 Å². The van der Waals surface area contributed by atoms with E-state index in [2.05, 4.69) is 19.2 Å². The maximum Gasteiger partial charge on any atom is 0.249 e. The van der Waals surface area contributed by atoms with Crippen LogP contribution < -0.4 is 5.32 Å². The number of aliphatic hydroxyl groups excluding tert-OH is 7. The van der Waals surface area contributed by atoms with E-state index in [9.17, 15) is 40.5 Å². The number of rotatable bonds is 50. The number of carbonyl (C=O) groups excluding carboxylic acids is 1. The fraction of sp³-hybridized carbons (Fsp3) is 0.982. The summed E-state index contributed by atoms with van der Waals surface area (Å²) in [4.78, 5) is 13.1. The summed E-state index contributed by atoms with van der Waals surface area (Å²) in [5.41, 5.74) is 0. The molecule has 1 rings (SSSR count). The second-order valence-electron chi connectivity index (χ2n) is 20.7. The largest absolute Gasteiger partial charge is 0.394 e. The zero-order chi connectivity index (χ0) is 49.0. The zero-order valence-corrected chi connectivity index (χ0v) is 43.7. The van der Waals surface area contributed by atoms with Crippen LogP contribution in [0.1, 0.15) is 284 Å². The van der Waals surface area contributed by atoms with Crippen molar-refractivity contribution in [3.63, 3.8) is 0 Å². The first-order valence-corrected chi connectivity index (χ1v) is 28.9. The molecule has 0 radical (unpaired) electrons. The average Bonchev–Trinajstić information content (AvgIpc) is 3.33. The van der Waals surface area contributed by atoms with Crippen molar-refractivity contribution in [3.05, 3.63) is 0 Å². The molecule has 0 spiro atoms. The van der Waals surface area contributed by atoms with Crippen LogP contribution in [0.3, 0.4) is 0 Å². The summed E-state index contributed by atoms with van der Waals surface area (Å²) in [6.07, 6.45) is 40.2. The lowest BCUT2D eigenvalue weighted by molar-refractivity contribution is -0.303. The van der Waals surface area contributed by atoms with Gasteiger partial charge in [-0.1, -0.05) is 271 Å². The molecule has 1 fully saturated rings. The molecular weight excluding hydrogens is 847 g/mol. The topological polar surface area (TPSA) is 189 Å². The van der Waals surface area contributed by atoms with Gasteiger partial charge >= 0.3 is 0 Å². The minimum Gasteiger partial charge on any atom is -0.394 e. The van der Waals surface area contributed by atoms with E-state index in [1.54, 1.807) is 0 Å². The first-order valence-electron chi connectivity index (χ1n) is 28.9. The number of hydrogen-bond acceptors (Lipinski definition) is 10. The van der Waals surface area contributed by atoms with Gasteiger partial charge in [0, 0.05) is 0 Å². The van der Waals surface area contributed by atoms with E-state index in [4.69, 9.17) is 9.47 Å². The predicted octanol–water partition coefficient (Wildman–Crippen LogP) is 11.8. The van der Waals surface area contributed by atoms with Crippen LogP contribution >= 0.6 is 0 Å². The quantitative estimate of drug-likeness (QED) is 0.0273. The first kappa shape index (κ1) is 64.1. The third kappa shape index (κ3) is 35.0. The number of amides is 1. The molecule has 1 aliphatic rings. The Kier molecular flexibility index (Phi) is 44.2. The fourth-order valence-corrected chi connectivity index (χ4v) is 9.68. The van der Waals surface area contributed by atoms with E-state index >= 15 is 0 Å². The van der Waals surface area contributed by atoms with E-state index in [1.165, 1.54) is 205 Å². The highest BCUT2D eigenvalue weighted by molar-refractivity contribution is 5.80. The van der Waals surface area contributed by atoms with Crippen LogP contribution in [-0.2, 0) is 14.3 Å². The molecule has 9 atom stereocenters. The number of unbranched alkanes of at least 4 members (excludes halogenated alkanes) is 38. The third-order valence-electron chi connectivity index (χ3n) is 14.4. The molecule has 9 unspecified atom stereocenters. The van der Waals surface area contributed by atoms with Gasteiger partial charge in [-0.3, -0.25) is 4.79 Å². The van der Waals surface area contributed by atoms with Gasteiger partial charge in [0.05, 0.1) is 25.4 Å². The maximum atomic E-state index is 13.1. The van der Waals surface area contributed by atoms with Crippen LogP contribution in [0.15, 0.2) is 0 Å². The summed E-state index contributed by atoms with van der Waals surface area (Å²) >= 11 is 0. The second kappa shape index (κ2) is 46.2. The summed E-state index contributed by atoms with van der Waals surface area (Å²) < 4.78 is 11.1. The fourth-order valence-electron chi connectivity index (χ4n) is 9.68. The molecule has 0 bridgehead atoms. The number of carbonyl (C=O) groups is 1. The van der Waals surface area contributed by atoms with Crippen LogP contribution in [0.2, 0.25) is 0 Å². The average molecular weight is 959 g/mol. The Hall–Kier alpha value is -0.890. The summed E-state index contributed by atoms with van der Waals surface area (Å²) in [5, 5.41) is 76.1. The molecule has 67 heavy (non-hydrogen) atoms. The molecular formula is C56H111NO10. The molecule has 0 aliphatic carbocycles. The number of nitrogens with one attached hydrogen (secondary N) is 1. The lowest BCUT2D eigenvalue weighted by Gasteiger charge is -2.40. The van der Waals surface area contributed by atoms with Gasteiger partial charge in [-0.2, -0.15) is 0 Å². The lowest BCUT2D eigenvalue weighted by atomic mass is 9.98. The Labute approximate surface area is 411 Å². The van der Waals surface area contributed by atoms with Crippen LogP contribution in [-0.4, -0.2) is 110 Å². The van der Waals surface area contributed by atoms with Gasteiger partial charge in [0.15, 0.2) is 6.29 Å². The van der Waals surface area contributed by atoms with Crippen molar-refractivity contribution in [2.24, 2.45) is 0 Å². The highest BCUT2D eigenvalue weighted by atomic mass is 16.7. The molecule has 0 saturated carbocycles. The normalized spacial score (nSPS) is 20.5. The smallest absolute Gasteiger partial charge is 0.249 e. The van der Waals surface area contributed by atoms with Gasteiger partial charge in [-0.15, -0.1) is 0 Å². The van der Waals surface area contributed by atoms with Gasteiger partial charge in [0.25, 0.3) is 0 Å². The van der Waals surface area contributed by atoms with Crippen LogP contribution in [0, 0.1) is 0 Å². The summed E-state index contributed by atoms with van der Waals surface area (Å²) in [6.45, 7) is 3.49. The summed E-state index contributed by atoms with van der Waals surface area (Å²) in [5.74, 6) is -0.691. The monoisotopic (exact) mass is 958 g/mol. The van der Waals surface area contributed by atoms with Gasteiger partial charge < -0.3 is 50.5 Å². The molecule has 1 saturated heterocycles. The molecule has 400 valence electrons. The Morgan fingerprint density at radius 3 is 1.10 bits per heavy atom. The van der Waals surface area contributed by atoms with Gasteiger partial charge in [-0.05, 0) is 12.8 Å². The molecule has 1 heterocycles. The Morgan fingerprint density at radius 2 is 0.776 bits per heavy atom. The van der Waals surface area contributed by atoms with Crippen molar-refractivity contribution in [1.29, 1.82) is 0 Å². The zero-order valence-electron chi connectivity index (χ0n) is 43.7. The molecule has 8 N–H and O–H groups in total. The Morgan fingerprint density at radius 1 is 0.463 bits per heavy atom. The van der Waals surface area contributed by atoms with Crippen molar-refractivity contribution < 1.29 is 50.0 Å². The Bertz CT molecular complexity index is 1050. The highest BCUT2D eigenvalue weighted by Crippen LogP contribution is 2.24. The van der Waals surface area contributed by atoms with Crippen LogP contribution in [0.5, 0.6) is 0 Å². The Balaban J connectivity index is 2.26. The molecule has 11 nitrogen and oxygen atoms in total. The minimum atomic E-state index is -1.66. The molecule has 11 heteroatoms. The highest BCUT2D eigenvalue weighted by Gasteiger charge is 2.44. The van der Waals surface area contributed by atoms with E-state index in [1.807, 2.05) is 0 Å². The van der Waals surface area contributed by atoms with Crippen molar-refractivity contribution in [2.75, 3.05) is 13.2 Å². The van der Waals surface area contributed by atoms with Crippen molar-refractivity contribution in [2.45, 2.75) is 339 Å². The molecule has 0 aromatic heterocycles. The molecule has 0 aromatic rings. The number of aliphatic hydroxyl groups is 7. The van der Waals surface area contributed by atoms with E-state index in [0.717, 1.165) is 38.5 Å². The van der Waals surface area contributed by atoms with Gasteiger partial charge in [0.1, 0.15) is 36.6 Å². The number of hydrogen-bond donors (Lipinski definition) is 8. The molecule has 1 amide bonds. The molecule has 0 aromatic carbocycles. The van der Waals surface area contributed by atoms with Crippen molar-refractivity contribution in [1.82, 2.24) is 5.32 Å². The second-order valence-corrected chi connectivity index (χ2v) is 20.7. The summed E-state index contributed by atoms with van der Waals surface area (Å²) in [6, 6.07) is -1.16. The van der Waals surface area contributed by atoms with Crippen LogP contribution in [0.25, 0.3) is 0 Å². The van der Waals surface area contributed by atoms with Gasteiger partial charge in [0.2, 0.25) is 5.91 Å². The standard InChI is InChI=1S/C56H111NO10/c1-3-5-7-9-11-13-15-17-19-20-21-22-23-24-25-26-27-28-29-30-32-33-35-37-39-41-43-48(59)51(61)47(46-66-56-54(64)53(63)52(62)50(45-58)67-56)57-55(65)49(60)44-42-40-38-36-34-31-18-16-14-12-10-8-6-4-2/h47-54,56,58-64H,3-46H2,1-2H3,(H,57,65). The SMILES string of the molecule is CCCCCCCCCCCCCCCCCCCCCCCCCCCCC(O)C(O)C(COC1OC(CO)C(O)C(O)C1O)NC(=O)C(O)CCCCCCCCCCCCCCCC. The van der Waals surface area contributed by atoms with Crippen molar-refractivity contribution >= 4 is 5.91 Å². The third-order valence-corrected chi connectivity index (χ3v) is 14.4. The first-order chi connectivity index (χ1) is 32.7. The van der Waals surface area contributed by atoms with Crippen molar-refractivity contribution in [3.8, 4) is 0 Å². The minimum absolute atomic E-state index is 0.266. The van der Waals surface area contributed by atoms with Crippen LogP contribution in [0.4, 0.5) is 0 Å². The predicted molar refractivity (Wildman–Crippen MR) is 275 cm³/mol. The maximum absolute atomic E-state index is 13.1. The summed E-state index contributed by atoms with van der Waals surface area (Å²) in [7, 11) is 0. The lowest BCUT2D eigenvalue weighted by Crippen LogP contribution is -2.60. The molecule has 1 aliphatic heterocycles.